The first-order chi connectivity index (χ1) is 8.60. The van der Waals surface area contributed by atoms with Crippen LogP contribution in [-0.4, -0.2) is 18.4 Å². The quantitative estimate of drug-likeness (QED) is 0.444. The molecular weight excluding hydrogens is 235 g/mol. The molecule has 1 unspecified atom stereocenters. The van der Waals surface area contributed by atoms with Gasteiger partial charge >= 0.3 is 5.97 Å². The van der Waals surface area contributed by atoms with Crippen molar-refractivity contribution in [1.29, 1.82) is 0 Å². The van der Waals surface area contributed by atoms with Gasteiger partial charge < -0.3 is 4.74 Å². The van der Waals surface area contributed by atoms with Crippen LogP contribution < -0.4 is 0 Å². The van der Waals surface area contributed by atoms with E-state index in [0.717, 1.165) is 6.07 Å². The molecular formula is C14H17FO3. The number of Topliss-reactive ketones (excluding diaryl/α,β-unsaturated/α-hetero) is 1. The number of benzene rings is 1. The van der Waals surface area contributed by atoms with Crippen LogP contribution in [0.1, 0.15) is 37.0 Å². The first kappa shape index (κ1) is 14.4. The monoisotopic (exact) mass is 252 g/mol. The summed E-state index contributed by atoms with van der Waals surface area (Å²) < 4.78 is 17.9. The van der Waals surface area contributed by atoms with E-state index in [2.05, 4.69) is 0 Å². The predicted octanol–water partition coefficient (Wildman–Crippen LogP) is 2.99. The third-order valence-electron chi connectivity index (χ3n) is 2.57. The van der Waals surface area contributed by atoms with Gasteiger partial charge in [0.05, 0.1) is 6.61 Å². The molecule has 1 aromatic carbocycles. The number of ketones is 1. The summed E-state index contributed by atoms with van der Waals surface area (Å²) in [7, 11) is 0. The van der Waals surface area contributed by atoms with Gasteiger partial charge in [0.1, 0.15) is 11.7 Å². The summed E-state index contributed by atoms with van der Waals surface area (Å²) in [5.41, 5.74) is 0.210. The topological polar surface area (TPSA) is 43.4 Å². The van der Waals surface area contributed by atoms with Crippen LogP contribution in [-0.2, 0) is 9.53 Å². The molecule has 0 N–H and O–H groups in total. The molecule has 0 aliphatic heterocycles. The van der Waals surface area contributed by atoms with Crippen LogP contribution in [0.15, 0.2) is 24.3 Å². The number of rotatable bonds is 6. The van der Waals surface area contributed by atoms with Gasteiger partial charge in [-0.1, -0.05) is 25.5 Å². The zero-order valence-electron chi connectivity index (χ0n) is 10.6. The van der Waals surface area contributed by atoms with Crippen molar-refractivity contribution in [3.63, 3.8) is 0 Å². The molecule has 0 aliphatic carbocycles. The molecule has 0 amide bonds. The molecule has 18 heavy (non-hydrogen) atoms. The molecule has 0 fully saturated rings. The van der Waals surface area contributed by atoms with Gasteiger partial charge in [0.2, 0.25) is 0 Å². The van der Waals surface area contributed by atoms with Gasteiger partial charge in [0.25, 0.3) is 0 Å². The van der Waals surface area contributed by atoms with E-state index in [1.165, 1.54) is 18.2 Å². The van der Waals surface area contributed by atoms with E-state index in [1.54, 1.807) is 6.92 Å². The van der Waals surface area contributed by atoms with Crippen molar-refractivity contribution in [2.24, 2.45) is 5.92 Å². The minimum Gasteiger partial charge on any atom is -0.465 e. The molecule has 0 radical (unpaired) electrons. The molecule has 0 spiro atoms. The minimum atomic E-state index is -0.836. The Kier molecular flexibility index (Phi) is 5.49. The Hall–Kier alpha value is -1.71. The number of esters is 1. The van der Waals surface area contributed by atoms with Crippen LogP contribution in [0, 0.1) is 11.7 Å². The third-order valence-corrected chi connectivity index (χ3v) is 2.57. The van der Waals surface area contributed by atoms with E-state index in [-0.39, 0.29) is 18.0 Å². The lowest BCUT2D eigenvalue weighted by molar-refractivity contribution is -0.146. The first-order valence-electron chi connectivity index (χ1n) is 6.06. The first-order valence-corrected chi connectivity index (χ1v) is 6.06. The average Bonchev–Trinajstić information content (AvgIpc) is 2.35. The molecule has 1 atom stereocenters. The number of hydrogen-bond acceptors (Lipinski definition) is 3. The molecule has 0 bridgehead atoms. The summed E-state index contributed by atoms with van der Waals surface area (Å²) in [6.45, 7) is 3.80. The van der Waals surface area contributed by atoms with Crippen molar-refractivity contribution in [3.05, 3.63) is 35.6 Å². The van der Waals surface area contributed by atoms with E-state index >= 15 is 0 Å². The Labute approximate surface area is 106 Å². The zero-order chi connectivity index (χ0) is 13.5. The van der Waals surface area contributed by atoms with E-state index in [4.69, 9.17) is 4.74 Å². The predicted molar refractivity (Wildman–Crippen MR) is 65.8 cm³/mol. The molecule has 0 heterocycles. The Morgan fingerprint density at radius 2 is 2.06 bits per heavy atom. The largest absolute Gasteiger partial charge is 0.465 e. The lowest BCUT2D eigenvalue weighted by Crippen LogP contribution is -2.26. The summed E-state index contributed by atoms with van der Waals surface area (Å²) in [4.78, 5) is 23.8. The van der Waals surface area contributed by atoms with Gasteiger partial charge in [0, 0.05) is 5.56 Å². The van der Waals surface area contributed by atoms with Crippen molar-refractivity contribution in [2.75, 3.05) is 6.61 Å². The summed E-state index contributed by atoms with van der Waals surface area (Å²) in [5.74, 6) is -2.24. The smallest absolute Gasteiger partial charge is 0.316 e. The van der Waals surface area contributed by atoms with E-state index < -0.39 is 17.7 Å². The van der Waals surface area contributed by atoms with Crippen LogP contribution in [0.5, 0.6) is 0 Å². The molecule has 0 aromatic heterocycles. The highest BCUT2D eigenvalue weighted by molar-refractivity contribution is 6.08. The standard InChI is InChI=1S/C14H17FO3/c1-3-6-12(14(17)18-4-2)13(16)10-7-5-8-11(15)9-10/h5,7-9,12H,3-4,6H2,1-2H3. The maximum atomic E-state index is 13.1. The Bertz CT molecular complexity index is 429. The van der Waals surface area contributed by atoms with E-state index in [1.807, 2.05) is 6.92 Å². The molecule has 0 aliphatic rings. The molecule has 0 saturated heterocycles. The molecule has 1 rings (SSSR count). The van der Waals surface area contributed by atoms with Gasteiger partial charge in [-0.15, -0.1) is 0 Å². The highest BCUT2D eigenvalue weighted by Gasteiger charge is 2.28. The number of carbonyl (C=O) groups excluding carboxylic acids is 2. The second kappa shape index (κ2) is 6.89. The van der Waals surface area contributed by atoms with E-state index in [0.29, 0.717) is 12.8 Å². The minimum absolute atomic E-state index is 0.210. The fourth-order valence-electron chi connectivity index (χ4n) is 1.73. The second-order valence-electron chi connectivity index (χ2n) is 3.97. The number of carbonyl (C=O) groups is 2. The fraction of sp³-hybridized carbons (Fsp3) is 0.429. The van der Waals surface area contributed by atoms with Crippen molar-refractivity contribution < 1.29 is 18.7 Å². The van der Waals surface area contributed by atoms with Gasteiger partial charge in [-0.3, -0.25) is 9.59 Å². The van der Waals surface area contributed by atoms with E-state index in [9.17, 15) is 14.0 Å². The van der Waals surface area contributed by atoms with Gasteiger partial charge in [0.15, 0.2) is 5.78 Å². The molecule has 4 heteroatoms. The number of halogens is 1. The van der Waals surface area contributed by atoms with Crippen molar-refractivity contribution in [3.8, 4) is 0 Å². The highest BCUT2D eigenvalue weighted by Crippen LogP contribution is 2.17. The third kappa shape index (κ3) is 3.65. The van der Waals surface area contributed by atoms with Gasteiger partial charge in [-0.25, -0.2) is 4.39 Å². The summed E-state index contributed by atoms with van der Waals surface area (Å²) in [6.07, 6.45) is 1.10. The average molecular weight is 252 g/mol. The van der Waals surface area contributed by atoms with Crippen molar-refractivity contribution >= 4 is 11.8 Å². The van der Waals surface area contributed by atoms with Crippen LogP contribution >= 0.6 is 0 Å². The van der Waals surface area contributed by atoms with Gasteiger partial charge in [-0.2, -0.15) is 0 Å². The highest BCUT2D eigenvalue weighted by atomic mass is 19.1. The summed E-state index contributed by atoms with van der Waals surface area (Å²) in [6, 6.07) is 5.37. The number of ether oxygens (including phenoxy) is 1. The van der Waals surface area contributed by atoms with Crippen molar-refractivity contribution in [1.82, 2.24) is 0 Å². The maximum Gasteiger partial charge on any atom is 0.316 e. The van der Waals surface area contributed by atoms with Crippen LogP contribution in [0.3, 0.4) is 0 Å². The number of hydrogen-bond donors (Lipinski definition) is 0. The Morgan fingerprint density at radius 1 is 1.33 bits per heavy atom. The molecule has 3 nitrogen and oxygen atoms in total. The second-order valence-corrected chi connectivity index (χ2v) is 3.97. The molecule has 98 valence electrons. The van der Waals surface area contributed by atoms with Crippen LogP contribution in [0.2, 0.25) is 0 Å². The fourth-order valence-corrected chi connectivity index (χ4v) is 1.73. The van der Waals surface area contributed by atoms with Crippen LogP contribution in [0.25, 0.3) is 0 Å². The van der Waals surface area contributed by atoms with Gasteiger partial charge in [-0.05, 0) is 25.5 Å². The zero-order valence-corrected chi connectivity index (χ0v) is 10.6. The molecule has 1 aromatic rings. The lowest BCUT2D eigenvalue weighted by atomic mass is 9.93. The lowest BCUT2D eigenvalue weighted by Gasteiger charge is -2.13. The maximum absolute atomic E-state index is 13.1. The summed E-state index contributed by atoms with van der Waals surface area (Å²) >= 11 is 0. The van der Waals surface area contributed by atoms with Crippen LogP contribution in [0.4, 0.5) is 4.39 Å². The Balaban J connectivity index is 2.92. The SMILES string of the molecule is CCCC(C(=O)OCC)C(=O)c1cccc(F)c1. The normalized spacial score (nSPS) is 11.9. The summed E-state index contributed by atoms with van der Waals surface area (Å²) in [5, 5.41) is 0. The molecule has 0 saturated carbocycles. The Morgan fingerprint density at radius 3 is 2.61 bits per heavy atom. The van der Waals surface area contributed by atoms with Crippen molar-refractivity contribution in [2.45, 2.75) is 26.7 Å².